The van der Waals surface area contributed by atoms with Gasteiger partial charge in [0.1, 0.15) is 6.17 Å². The van der Waals surface area contributed by atoms with Gasteiger partial charge < -0.3 is 5.73 Å². The van der Waals surface area contributed by atoms with Crippen LogP contribution in [0.1, 0.15) is 13.3 Å². The number of piperidine rings is 1. The molecule has 0 unspecified atom stereocenters. The molecule has 0 aliphatic carbocycles. The van der Waals surface area contributed by atoms with Gasteiger partial charge in [0.25, 0.3) is 0 Å². The van der Waals surface area contributed by atoms with E-state index >= 15 is 0 Å². The fourth-order valence-electron chi connectivity index (χ4n) is 1.42. The molecule has 1 aliphatic heterocycles. The summed E-state index contributed by atoms with van der Waals surface area (Å²) in [5, 5.41) is 0. The van der Waals surface area contributed by atoms with Crippen molar-refractivity contribution in [3.63, 3.8) is 0 Å². The van der Waals surface area contributed by atoms with Gasteiger partial charge in [0, 0.05) is 19.1 Å². The molecule has 2 atom stereocenters. The lowest BCUT2D eigenvalue weighted by molar-refractivity contribution is 0.129. The summed E-state index contributed by atoms with van der Waals surface area (Å²) < 4.78 is 12.7. The number of likely N-dealkylation sites (N-methyl/N-ethyl adjacent to an activating group) is 1. The van der Waals surface area contributed by atoms with Crippen LogP contribution in [-0.2, 0) is 0 Å². The number of hydrogen-bond acceptors (Lipinski definition) is 2. The van der Waals surface area contributed by atoms with Crippen molar-refractivity contribution in [2.45, 2.75) is 25.6 Å². The fourth-order valence-corrected chi connectivity index (χ4v) is 1.42. The molecule has 12 heavy (non-hydrogen) atoms. The smallest absolute Gasteiger partial charge is 0.114 e. The second kappa shape index (κ2) is 6.89. The molecular formula is C7H17Cl2FN2. The summed E-state index contributed by atoms with van der Waals surface area (Å²) >= 11 is 0. The van der Waals surface area contributed by atoms with Gasteiger partial charge in [0.2, 0.25) is 0 Å². The van der Waals surface area contributed by atoms with E-state index in [0.29, 0.717) is 13.0 Å². The Kier molecular flexibility index (Phi) is 8.58. The van der Waals surface area contributed by atoms with Crippen molar-refractivity contribution in [3.05, 3.63) is 0 Å². The molecule has 1 fully saturated rings. The summed E-state index contributed by atoms with van der Waals surface area (Å²) in [4.78, 5) is 2.05. The highest BCUT2D eigenvalue weighted by Crippen LogP contribution is 2.11. The third kappa shape index (κ3) is 4.45. The summed E-state index contributed by atoms with van der Waals surface area (Å²) in [5.74, 6) is 0. The molecule has 0 bridgehead atoms. The predicted molar refractivity (Wildman–Crippen MR) is 54.1 cm³/mol. The summed E-state index contributed by atoms with van der Waals surface area (Å²) in [6.07, 6.45) is -0.167. The van der Waals surface area contributed by atoms with E-state index in [1.165, 1.54) is 0 Å². The van der Waals surface area contributed by atoms with Crippen molar-refractivity contribution in [2.75, 3.05) is 19.6 Å². The SMILES string of the molecule is CCN1C[C@H](N)C[C@@H](F)C1.Cl.Cl. The lowest BCUT2D eigenvalue weighted by atomic mass is 10.1. The van der Waals surface area contributed by atoms with Gasteiger partial charge in [-0.15, -0.1) is 24.8 Å². The van der Waals surface area contributed by atoms with Gasteiger partial charge in [-0.1, -0.05) is 6.92 Å². The van der Waals surface area contributed by atoms with Gasteiger partial charge >= 0.3 is 0 Å². The Bertz CT molecular complexity index is 106. The molecule has 5 heteroatoms. The number of alkyl halides is 1. The van der Waals surface area contributed by atoms with Crippen LogP contribution in [-0.4, -0.2) is 36.7 Å². The number of nitrogens with two attached hydrogens (primary N) is 1. The molecule has 0 aromatic rings. The van der Waals surface area contributed by atoms with Crippen LogP contribution in [0.5, 0.6) is 0 Å². The van der Waals surface area contributed by atoms with Gasteiger partial charge in [-0.2, -0.15) is 0 Å². The standard InChI is InChI=1S/C7H15FN2.2ClH/c1-2-10-4-6(8)3-7(9)5-10;;/h6-7H,2-5,9H2,1H3;2*1H/t6-,7-;;/m1../s1. The Labute approximate surface area is 85.5 Å². The van der Waals surface area contributed by atoms with Crippen LogP contribution in [0.15, 0.2) is 0 Å². The van der Waals surface area contributed by atoms with E-state index in [0.717, 1.165) is 13.1 Å². The number of nitrogens with zero attached hydrogens (tertiary/aromatic N) is 1. The number of likely N-dealkylation sites (tertiary alicyclic amines) is 1. The van der Waals surface area contributed by atoms with Crippen LogP contribution in [0.3, 0.4) is 0 Å². The van der Waals surface area contributed by atoms with E-state index in [9.17, 15) is 4.39 Å². The van der Waals surface area contributed by atoms with Crippen molar-refractivity contribution < 1.29 is 4.39 Å². The van der Waals surface area contributed by atoms with Crippen LogP contribution in [0, 0.1) is 0 Å². The molecule has 0 spiro atoms. The van der Waals surface area contributed by atoms with Crippen molar-refractivity contribution in [1.29, 1.82) is 0 Å². The summed E-state index contributed by atoms with van der Waals surface area (Å²) in [6.45, 7) is 4.38. The van der Waals surface area contributed by atoms with Crippen LogP contribution < -0.4 is 5.73 Å². The van der Waals surface area contributed by atoms with Crippen molar-refractivity contribution in [3.8, 4) is 0 Å². The molecule has 2 N–H and O–H groups in total. The largest absolute Gasteiger partial charge is 0.326 e. The molecule has 0 aromatic carbocycles. The molecule has 0 radical (unpaired) electrons. The Morgan fingerprint density at radius 3 is 2.42 bits per heavy atom. The molecule has 1 rings (SSSR count). The average molecular weight is 219 g/mol. The highest BCUT2D eigenvalue weighted by Gasteiger charge is 2.22. The minimum Gasteiger partial charge on any atom is -0.326 e. The van der Waals surface area contributed by atoms with E-state index in [4.69, 9.17) is 5.73 Å². The topological polar surface area (TPSA) is 29.3 Å². The van der Waals surface area contributed by atoms with Crippen molar-refractivity contribution >= 4 is 24.8 Å². The Morgan fingerprint density at radius 1 is 1.42 bits per heavy atom. The first-order chi connectivity index (χ1) is 4.72. The molecule has 2 nitrogen and oxygen atoms in total. The molecule has 0 amide bonds. The first-order valence-electron chi connectivity index (χ1n) is 3.84. The lowest BCUT2D eigenvalue weighted by Crippen LogP contribution is -2.47. The number of rotatable bonds is 1. The zero-order valence-electron chi connectivity index (χ0n) is 7.20. The van der Waals surface area contributed by atoms with E-state index in [2.05, 4.69) is 4.90 Å². The summed E-state index contributed by atoms with van der Waals surface area (Å²) in [5.41, 5.74) is 5.61. The maximum Gasteiger partial charge on any atom is 0.114 e. The maximum absolute atomic E-state index is 12.7. The van der Waals surface area contributed by atoms with Crippen LogP contribution in [0.2, 0.25) is 0 Å². The van der Waals surface area contributed by atoms with Gasteiger partial charge in [-0.3, -0.25) is 4.90 Å². The van der Waals surface area contributed by atoms with Gasteiger partial charge in [0.05, 0.1) is 0 Å². The lowest BCUT2D eigenvalue weighted by Gasteiger charge is -2.31. The van der Waals surface area contributed by atoms with Crippen LogP contribution >= 0.6 is 24.8 Å². The first kappa shape index (κ1) is 14.9. The normalized spacial score (nSPS) is 30.2. The van der Waals surface area contributed by atoms with E-state index in [1.807, 2.05) is 6.92 Å². The Morgan fingerprint density at radius 2 is 2.00 bits per heavy atom. The van der Waals surface area contributed by atoms with Gasteiger partial charge in [-0.05, 0) is 13.0 Å². The third-order valence-corrected chi connectivity index (χ3v) is 1.95. The fraction of sp³-hybridized carbons (Fsp3) is 1.00. The number of hydrogen-bond donors (Lipinski definition) is 1. The molecular weight excluding hydrogens is 202 g/mol. The van der Waals surface area contributed by atoms with Crippen LogP contribution in [0.25, 0.3) is 0 Å². The molecule has 0 saturated carbocycles. The minimum atomic E-state index is -0.705. The Balaban J connectivity index is 0. The summed E-state index contributed by atoms with van der Waals surface area (Å²) in [6, 6.07) is 0.0451. The average Bonchev–Trinajstić information content (AvgIpc) is 1.85. The van der Waals surface area contributed by atoms with E-state index in [1.54, 1.807) is 0 Å². The zero-order chi connectivity index (χ0) is 7.56. The number of halogens is 3. The van der Waals surface area contributed by atoms with Gasteiger partial charge in [0.15, 0.2) is 0 Å². The minimum absolute atomic E-state index is 0. The van der Waals surface area contributed by atoms with Crippen LogP contribution in [0.4, 0.5) is 4.39 Å². The van der Waals surface area contributed by atoms with Gasteiger partial charge in [-0.25, -0.2) is 4.39 Å². The quantitative estimate of drug-likeness (QED) is 0.718. The highest BCUT2D eigenvalue weighted by molar-refractivity contribution is 5.85. The van der Waals surface area contributed by atoms with Crippen molar-refractivity contribution in [2.24, 2.45) is 5.73 Å². The van der Waals surface area contributed by atoms with E-state index in [-0.39, 0.29) is 30.9 Å². The first-order valence-corrected chi connectivity index (χ1v) is 3.84. The maximum atomic E-state index is 12.7. The molecule has 1 saturated heterocycles. The monoisotopic (exact) mass is 218 g/mol. The Hall–Kier alpha value is 0.430. The van der Waals surface area contributed by atoms with Crippen molar-refractivity contribution in [1.82, 2.24) is 4.90 Å². The third-order valence-electron chi connectivity index (χ3n) is 1.95. The molecule has 1 heterocycles. The second-order valence-electron chi connectivity index (χ2n) is 2.95. The molecule has 76 valence electrons. The highest BCUT2D eigenvalue weighted by atomic mass is 35.5. The predicted octanol–water partition coefficient (Wildman–Crippen LogP) is 1.22. The second-order valence-corrected chi connectivity index (χ2v) is 2.95. The van der Waals surface area contributed by atoms with E-state index < -0.39 is 6.17 Å². The molecule has 0 aromatic heterocycles. The molecule has 1 aliphatic rings. The zero-order valence-corrected chi connectivity index (χ0v) is 8.84. The summed E-state index contributed by atoms with van der Waals surface area (Å²) in [7, 11) is 0.